The van der Waals surface area contributed by atoms with Crippen LogP contribution in [-0.4, -0.2) is 33.6 Å². The fourth-order valence-electron chi connectivity index (χ4n) is 3.38. The molecule has 166 valence electrons. The van der Waals surface area contributed by atoms with Crippen molar-refractivity contribution in [3.8, 4) is 10.6 Å². The number of nitrogens with zero attached hydrogens (tertiary/aromatic N) is 4. The Morgan fingerprint density at radius 3 is 2.44 bits per heavy atom. The van der Waals surface area contributed by atoms with E-state index in [0.29, 0.717) is 15.1 Å². The molecule has 0 atom stereocenters. The molecule has 0 unspecified atom stereocenters. The maximum absolute atomic E-state index is 13.7. The molecule has 0 saturated heterocycles. The van der Waals surface area contributed by atoms with Crippen LogP contribution in [0.25, 0.3) is 16.2 Å². The number of alkyl halides is 3. The predicted octanol–water partition coefficient (Wildman–Crippen LogP) is 5.58. The smallest absolute Gasteiger partial charge is 0.372 e. The lowest BCUT2D eigenvalue weighted by Crippen LogP contribution is -2.21. The van der Waals surface area contributed by atoms with E-state index >= 15 is 0 Å². The molecule has 0 aliphatic heterocycles. The van der Waals surface area contributed by atoms with E-state index in [4.69, 9.17) is 0 Å². The second-order valence-corrected chi connectivity index (χ2v) is 7.92. The van der Waals surface area contributed by atoms with Crippen LogP contribution in [0.5, 0.6) is 0 Å². The minimum absolute atomic E-state index is 0.0507. The molecule has 0 aliphatic rings. The van der Waals surface area contributed by atoms with Crippen molar-refractivity contribution in [3.63, 3.8) is 0 Å². The summed E-state index contributed by atoms with van der Waals surface area (Å²) in [6, 6.07) is 12.9. The summed E-state index contributed by atoms with van der Waals surface area (Å²) in [4.78, 5) is 19.7. The normalized spacial score (nSPS) is 11.7. The molecule has 0 fully saturated rings. The summed E-state index contributed by atoms with van der Waals surface area (Å²) in [6.45, 7) is 5.81. The van der Waals surface area contributed by atoms with E-state index in [9.17, 15) is 18.0 Å². The van der Waals surface area contributed by atoms with Gasteiger partial charge in [0.15, 0.2) is 17.0 Å². The van der Waals surface area contributed by atoms with E-state index in [2.05, 4.69) is 34.1 Å². The van der Waals surface area contributed by atoms with E-state index in [1.54, 1.807) is 29.6 Å². The van der Waals surface area contributed by atoms with Gasteiger partial charge in [0.05, 0.1) is 10.6 Å². The van der Waals surface area contributed by atoms with Crippen LogP contribution in [-0.2, 0) is 6.18 Å². The largest absolute Gasteiger partial charge is 0.433 e. The van der Waals surface area contributed by atoms with Crippen molar-refractivity contribution in [3.05, 3.63) is 65.3 Å². The zero-order chi connectivity index (χ0) is 22.9. The molecule has 0 aliphatic carbocycles. The summed E-state index contributed by atoms with van der Waals surface area (Å²) >= 11 is 1.28. The molecule has 10 heteroatoms. The first-order valence-electron chi connectivity index (χ1n) is 9.98. The van der Waals surface area contributed by atoms with Gasteiger partial charge in [-0.15, -0.1) is 11.3 Å². The van der Waals surface area contributed by atoms with Gasteiger partial charge in [0.25, 0.3) is 5.91 Å². The number of hydrogen-bond acceptors (Lipinski definition) is 5. The van der Waals surface area contributed by atoms with E-state index in [0.717, 1.165) is 24.8 Å². The fourth-order valence-corrected chi connectivity index (χ4v) is 4.06. The first-order valence-corrected chi connectivity index (χ1v) is 10.9. The van der Waals surface area contributed by atoms with Gasteiger partial charge in [-0.05, 0) is 55.6 Å². The summed E-state index contributed by atoms with van der Waals surface area (Å²) < 4.78 is 41.7. The highest BCUT2D eigenvalue weighted by Crippen LogP contribution is 2.33. The van der Waals surface area contributed by atoms with Crippen LogP contribution in [0, 0.1) is 0 Å². The molecule has 3 heterocycles. The van der Waals surface area contributed by atoms with Gasteiger partial charge in [-0.1, -0.05) is 6.07 Å². The Kier molecular flexibility index (Phi) is 5.88. The van der Waals surface area contributed by atoms with Gasteiger partial charge in [0.1, 0.15) is 0 Å². The highest BCUT2D eigenvalue weighted by atomic mass is 32.1. The van der Waals surface area contributed by atoms with Crippen molar-refractivity contribution < 1.29 is 18.0 Å². The van der Waals surface area contributed by atoms with Crippen LogP contribution >= 0.6 is 11.3 Å². The lowest BCUT2D eigenvalue weighted by molar-refractivity contribution is -0.142. The van der Waals surface area contributed by atoms with Crippen molar-refractivity contribution in [2.24, 2.45) is 0 Å². The molecule has 6 nitrogen and oxygen atoms in total. The number of nitrogens with one attached hydrogen (secondary N) is 1. The van der Waals surface area contributed by atoms with Crippen molar-refractivity contribution in [1.29, 1.82) is 0 Å². The molecule has 3 aromatic heterocycles. The second-order valence-electron chi connectivity index (χ2n) is 6.97. The molecule has 0 radical (unpaired) electrons. The van der Waals surface area contributed by atoms with Crippen LogP contribution in [0.15, 0.2) is 53.9 Å². The number of halogens is 3. The number of amides is 1. The number of anilines is 2. The SMILES string of the molecule is CCN(CC)c1ccc(NC(=O)c2cc3nc(-c4cccs4)cc(C(F)(F)F)n3n2)cc1. The van der Waals surface area contributed by atoms with Gasteiger partial charge < -0.3 is 10.2 Å². The van der Waals surface area contributed by atoms with E-state index in [-0.39, 0.29) is 17.0 Å². The summed E-state index contributed by atoms with van der Waals surface area (Å²) in [6.07, 6.45) is -4.66. The molecular weight excluding hydrogens is 439 g/mol. The molecule has 1 aromatic carbocycles. The van der Waals surface area contributed by atoms with E-state index in [1.165, 1.54) is 17.4 Å². The Labute approximate surface area is 186 Å². The third kappa shape index (κ3) is 4.31. The Morgan fingerprint density at radius 1 is 1.12 bits per heavy atom. The fraction of sp³-hybridized carbons (Fsp3) is 0.227. The number of benzene rings is 1. The minimum atomic E-state index is -4.66. The molecular formula is C22H20F3N5OS. The number of rotatable bonds is 6. The van der Waals surface area contributed by atoms with E-state index in [1.807, 2.05) is 12.1 Å². The third-order valence-corrected chi connectivity index (χ3v) is 5.87. The molecule has 4 aromatic rings. The standard InChI is InChI=1S/C22H20F3N5OS/c1-3-29(4-2)15-9-7-14(8-10-15)26-21(31)17-13-20-27-16(18-6-5-11-32-18)12-19(22(23,24)25)30(20)28-17/h5-13H,3-4H2,1-2H3,(H,26,31). The molecule has 0 saturated carbocycles. The number of hydrogen-bond donors (Lipinski definition) is 1. The average Bonchev–Trinajstić information content (AvgIpc) is 3.44. The Hall–Kier alpha value is -3.40. The van der Waals surface area contributed by atoms with Crippen molar-refractivity contribution in [1.82, 2.24) is 14.6 Å². The summed E-state index contributed by atoms with van der Waals surface area (Å²) in [5, 5.41) is 8.33. The number of carbonyl (C=O) groups is 1. The monoisotopic (exact) mass is 459 g/mol. The molecule has 32 heavy (non-hydrogen) atoms. The Morgan fingerprint density at radius 2 is 1.84 bits per heavy atom. The summed E-state index contributed by atoms with van der Waals surface area (Å²) in [7, 11) is 0. The van der Waals surface area contributed by atoms with Crippen molar-refractivity contribution >= 4 is 34.3 Å². The molecule has 1 N–H and O–H groups in total. The van der Waals surface area contributed by atoms with Gasteiger partial charge in [0, 0.05) is 30.5 Å². The molecule has 0 bridgehead atoms. The quantitative estimate of drug-likeness (QED) is 0.409. The van der Waals surface area contributed by atoms with Crippen LogP contribution in [0.3, 0.4) is 0 Å². The van der Waals surface area contributed by atoms with Crippen molar-refractivity contribution in [2.45, 2.75) is 20.0 Å². The maximum Gasteiger partial charge on any atom is 0.433 e. The first kappa shape index (κ1) is 21.8. The zero-order valence-electron chi connectivity index (χ0n) is 17.3. The van der Waals surface area contributed by atoms with Crippen LogP contribution in [0.4, 0.5) is 24.5 Å². The number of aromatic nitrogens is 3. The van der Waals surface area contributed by atoms with Gasteiger partial charge >= 0.3 is 6.18 Å². The summed E-state index contributed by atoms with van der Waals surface area (Å²) in [5.41, 5.74) is 0.517. The Bertz CT molecular complexity index is 1230. The van der Waals surface area contributed by atoms with Crippen LogP contribution in [0.2, 0.25) is 0 Å². The van der Waals surface area contributed by atoms with Gasteiger partial charge in [0.2, 0.25) is 0 Å². The highest BCUT2D eigenvalue weighted by Gasteiger charge is 2.35. The van der Waals surface area contributed by atoms with Gasteiger partial charge in [-0.25, -0.2) is 9.50 Å². The van der Waals surface area contributed by atoms with E-state index < -0.39 is 17.8 Å². The summed E-state index contributed by atoms with van der Waals surface area (Å²) in [5.74, 6) is -0.614. The van der Waals surface area contributed by atoms with Crippen LogP contribution < -0.4 is 10.2 Å². The van der Waals surface area contributed by atoms with Gasteiger partial charge in [-0.3, -0.25) is 4.79 Å². The number of thiophene rings is 1. The Balaban J connectivity index is 1.65. The maximum atomic E-state index is 13.7. The lowest BCUT2D eigenvalue weighted by atomic mass is 10.2. The minimum Gasteiger partial charge on any atom is -0.372 e. The third-order valence-electron chi connectivity index (χ3n) is 4.98. The average molecular weight is 459 g/mol. The zero-order valence-corrected chi connectivity index (χ0v) is 18.2. The number of carbonyl (C=O) groups excluding carboxylic acids is 1. The molecule has 1 amide bonds. The lowest BCUT2D eigenvalue weighted by Gasteiger charge is -2.21. The molecule has 0 spiro atoms. The highest BCUT2D eigenvalue weighted by molar-refractivity contribution is 7.13. The second kappa shape index (κ2) is 8.62. The van der Waals surface area contributed by atoms with Gasteiger partial charge in [-0.2, -0.15) is 18.3 Å². The first-order chi connectivity index (χ1) is 15.3. The topological polar surface area (TPSA) is 62.5 Å². The molecule has 4 rings (SSSR count). The van der Waals surface area contributed by atoms with Crippen molar-refractivity contribution in [2.75, 3.05) is 23.3 Å². The number of fused-ring (bicyclic) bond motifs is 1. The van der Waals surface area contributed by atoms with Crippen LogP contribution in [0.1, 0.15) is 30.0 Å². The predicted molar refractivity (Wildman–Crippen MR) is 119 cm³/mol.